The van der Waals surface area contributed by atoms with Crippen molar-refractivity contribution in [2.24, 2.45) is 0 Å². The van der Waals surface area contributed by atoms with Crippen molar-refractivity contribution in [3.05, 3.63) is 39.7 Å². The summed E-state index contributed by atoms with van der Waals surface area (Å²) < 4.78 is 0. The molecule has 0 N–H and O–H groups in total. The summed E-state index contributed by atoms with van der Waals surface area (Å²) in [6.07, 6.45) is 6.44. The summed E-state index contributed by atoms with van der Waals surface area (Å²) in [6.45, 7) is 0. The zero-order chi connectivity index (χ0) is 5.40. The fraction of sp³-hybridized carbons (Fsp3) is 0. The number of hydrogen-bond donors (Lipinski definition) is 0. The summed E-state index contributed by atoms with van der Waals surface area (Å²) in [7, 11) is 0. The first-order chi connectivity index (χ1) is 3.97. The SMILES string of the molecule is [CH]1[Se]C=C2C=CC=C12. The molecule has 1 aliphatic heterocycles. The van der Waals surface area contributed by atoms with Crippen molar-refractivity contribution in [2.45, 2.75) is 0 Å². The van der Waals surface area contributed by atoms with E-state index >= 15 is 0 Å². The third-order valence-electron chi connectivity index (χ3n) is 1.27. The van der Waals surface area contributed by atoms with Crippen LogP contribution in [-0.4, -0.2) is 15.0 Å². The Labute approximate surface area is 55.1 Å². The molecule has 0 amide bonds. The van der Waals surface area contributed by atoms with Crippen LogP contribution in [0.1, 0.15) is 0 Å². The number of rotatable bonds is 0. The van der Waals surface area contributed by atoms with Gasteiger partial charge in [0.05, 0.1) is 0 Å². The second-order valence-corrected chi connectivity index (χ2v) is 3.37. The van der Waals surface area contributed by atoms with Crippen LogP contribution in [0, 0.1) is 5.32 Å². The molecule has 0 aromatic carbocycles. The van der Waals surface area contributed by atoms with E-state index < -0.39 is 0 Å². The molecule has 0 fully saturated rings. The second-order valence-electron chi connectivity index (χ2n) is 1.81. The first kappa shape index (κ1) is 4.60. The summed E-state index contributed by atoms with van der Waals surface area (Å²) >= 11 is 0.659. The molecule has 0 saturated carbocycles. The van der Waals surface area contributed by atoms with Gasteiger partial charge in [0.2, 0.25) is 0 Å². The molecule has 0 saturated heterocycles. The van der Waals surface area contributed by atoms with Crippen LogP contribution in [0.4, 0.5) is 0 Å². The van der Waals surface area contributed by atoms with E-state index in [0.717, 1.165) is 0 Å². The van der Waals surface area contributed by atoms with Gasteiger partial charge in [0.25, 0.3) is 0 Å². The van der Waals surface area contributed by atoms with Crippen molar-refractivity contribution in [1.29, 1.82) is 0 Å². The molecule has 0 aromatic rings. The Hall–Kier alpha value is -0.261. The summed E-state index contributed by atoms with van der Waals surface area (Å²) in [5.41, 5.74) is 2.87. The minimum atomic E-state index is 0.659. The Morgan fingerprint density at radius 1 is 1.25 bits per heavy atom. The van der Waals surface area contributed by atoms with Crippen LogP contribution in [-0.2, 0) is 0 Å². The molecule has 0 nitrogen and oxygen atoms in total. The van der Waals surface area contributed by atoms with Gasteiger partial charge in [0.15, 0.2) is 0 Å². The zero-order valence-corrected chi connectivity index (χ0v) is 6.01. The molecule has 0 unspecified atom stereocenters. The van der Waals surface area contributed by atoms with Gasteiger partial charge >= 0.3 is 54.6 Å². The molecule has 2 rings (SSSR count). The normalized spacial score (nSPS) is 23.0. The van der Waals surface area contributed by atoms with Crippen molar-refractivity contribution < 1.29 is 0 Å². The van der Waals surface area contributed by atoms with Gasteiger partial charge in [-0.25, -0.2) is 0 Å². The molecule has 2 aliphatic rings. The molecular weight excluding hydrogens is 163 g/mol. The topological polar surface area (TPSA) is 0 Å². The van der Waals surface area contributed by atoms with E-state index in [-0.39, 0.29) is 0 Å². The quantitative estimate of drug-likeness (QED) is 0.477. The van der Waals surface area contributed by atoms with E-state index in [9.17, 15) is 0 Å². The predicted molar refractivity (Wildman–Crippen MR) is 35.4 cm³/mol. The first-order valence-corrected chi connectivity index (χ1v) is 4.52. The number of fused-ring (bicyclic) bond motifs is 1. The van der Waals surface area contributed by atoms with Crippen LogP contribution in [0.2, 0.25) is 0 Å². The van der Waals surface area contributed by atoms with Crippen molar-refractivity contribution >= 4 is 15.0 Å². The van der Waals surface area contributed by atoms with Gasteiger partial charge in [0.1, 0.15) is 0 Å². The van der Waals surface area contributed by atoms with Crippen molar-refractivity contribution in [2.75, 3.05) is 0 Å². The monoisotopic (exact) mass is 169 g/mol. The maximum absolute atomic E-state index is 2.31. The van der Waals surface area contributed by atoms with Crippen molar-refractivity contribution in [1.82, 2.24) is 0 Å². The average Bonchev–Trinajstić information content (AvgIpc) is 2.15. The van der Waals surface area contributed by atoms with E-state index in [4.69, 9.17) is 0 Å². The van der Waals surface area contributed by atoms with E-state index in [1.807, 2.05) is 0 Å². The molecule has 8 heavy (non-hydrogen) atoms. The average molecular weight is 168 g/mol. The van der Waals surface area contributed by atoms with Gasteiger partial charge in [-0.15, -0.1) is 0 Å². The third kappa shape index (κ3) is 0.520. The standard InChI is InChI=1S/C7H5Se/c1-2-6-4-8-5-7(6)3-1/h1-5H. The van der Waals surface area contributed by atoms with Crippen LogP contribution in [0.25, 0.3) is 0 Å². The third-order valence-corrected chi connectivity index (χ3v) is 2.91. The van der Waals surface area contributed by atoms with Crippen LogP contribution in [0.15, 0.2) is 34.3 Å². The summed E-state index contributed by atoms with van der Waals surface area (Å²) in [4.78, 5) is 2.31. The van der Waals surface area contributed by atoms with Gasteiger partial charge in [-0.1, -0.05) is 0 Å². The fourth-order valence-corrected chi connectivity index (χ4v) is 2.50. The van der Waals surface area contributed by atoms with E-state index in [1.165, 1.54) is 11.1 Å². The Morgan fingerprint density at radius 2 is 2.25 bits per heavy atom. The molecule has 0 aromatic heterocycles. The Morgan fingerprint density at radius 3 is 3.12 bits per heavy atom. The molecule has 1 radical (unpaired) electrons. The number of hydrogen-bond acceptors (Lipinski definition) is 0. The van der Waals surface area contributed by atoms with E-state index in [1.54, 1.807) is 0 Å². The predicted octanol–water partition coefficient (Wildman–Crippen LogP) is 1.25. The van der Waals surface area contributed by atoms with Crippen LogP contribution in [0.5, 0.6) is 0 Å². The molecule has 0 bridgehead atoms. The van der Waals surface area contributed by atoms with Crippen LogP contribution >= 0.6 is 0 Å². The molecule has 1 heterocycles. The maximum atomic E-state index is 2.31. The fourth-order valence-electron chi connectivity index (χ4n) is 0.843. The van der Waals surface area contributed by atoms with Crippen LogP contribution < -0.4 is 0 Å². The van der Waals surface area contributed by atoms with Gasteiger partial charge < -0.3 is 0 Å². The van der Waals surface area contributed by atoms with Crippen LogP contribution in [0.3, 0.4) is 0 Å². The van der Waals surface area contributed by atoms with Crippen molar-refractivity contribution in [3.8, 4) is 0 Å². The number of allylic oxidation sites excluding steroid dienone is 5. The van der Waals surface area contributed by atoms with Gasteiger partial charge in [-0.05, 0) is 0 Å². The molecular formula is C7H5Se. The zero-order valence-electron chi connectivity index (χ0n) is 4.29. The van der Waals surface area contributed by atoms with Crippen molar-refractivity contribution in [3.63, 3.8) is 0 Å². The van der Waals surface area contributed by atoms with E-state index in [2.05, 4.69) is 28.5 Å². The van der Waals surface area contributed by atoms with Gasteiger partial charge in [0, 0.05) is 0 Å². The summed E-state index contributed by atoms with van der Waals surface area (Å²) in [6, 6.07) is 0. The Kier molecular flexibility index (Phi) is 0.927. The molecule has 1 heteroatoms. The van der Waals surface area contributed by atoms with E-state index in [0.29, 0.717) is 15.0 Å². The summed E-state index contributed by atoms with van der Waals surface area (Å²) in [5, 5.41) is 2.31. The Bertz CT molecular complexity index is 196. The summed E-state index contributed by atoms with van der Waals surface area (Å²) in [5.74, 6) is 0. The van der Waals surface area contributed by atoms with Gasteiger partial charge in [-0.2, -0.15) is 0 Å². The molecule has 1 aliphatic carbocycles. The molecule has 0 spiro atoms. The van der Waals surface area contributed by atoms with Gasteiger partial charge in [-0.3, -0.25) is 0 Å². The first-order valence-electron chi connectivity index (χ1n) is 2.54. The minimum absolute atomic E-state index is 0.659. The molecule has 0 atom stereocenters. The second kappa shape index (κ2) is 1.61. The molecule has 39 valence electrons. The Balaban J connectivity index is 2.49.